The zero-order valence-corrected chi connectivity index (χ0v) is 11.8. The van der Waals surface area contributed by atoms with E-state index in [0.717, 1.165) is 22.4 Å². The molecule has 0 atom stereocenters. The second-order valence-corrected chi connectivity index (χ2v) is 5.03. The van der Waals surface area contributed by atoms with Gasteiger partial charge in [-0.1, -0.05) is 17.7 Å². The SMILES string of the molecule is Cc1ccc2nc(CC(=O)NCc3ccco3)ccc2c1. The summed E-state index contributed by atoms with van der Waals surface area (Å²) in [6.07, 6.45) is 1.86. The van der Waals surface area contributed by atoms with E-state index in [1.54, 1.807) is 12.3 Å². The molecule has 1 N–H and O–H groups in total. The molecule has 3 aromatic rings. The number of nitrogens with zero attached hydrogens (tertiary/aromatic N) is 1. The van der Waals surface area contributed by atoms with Gasteiger partial charge in [-0.15, -0.1) is 0 Å². The van der Waals surface area contributed by atoms with Crippen LogP contribution in [0.2, 0.25) is 0 Å². The molecule has 0 aliphatic heterocycles. The lowest BCUT2D eigenvalue weighted by Gasteiger charge is -2.05. The highest BCUT2D eigenvalue weighted by Crippen LogP contribution is 2.14. The average molecular weight is 280 g/mol. The summed E-state index contributed by atoms with van der Waals surface area (Å²) < 4.78 is 5.17. The summed E-state index contributed by atoms with van der Waals surface area (Å²) in [6, 6.07) is 13.6. The van der Waals surface area contributed by atoms with Crippen molar-refractivity contribution in [2.24, 2.45) is 0 Å². The molecule has 0 aliphatic carbocycles. The first-order valence-electron chi connectivity index (χ1n) is 6.86. The molecule has 0 unspecified atom stereocenters. The van der Waals surface area contributed by atoms with Gasteiger partial charge in [0.2, 0.25) is 5.91 Å². The van der Waals surface area contributed by atoms with Crippen molar-refractivity contribution in [1.29, 1.82) is 0 Å². The van der Waals surface area contributed by atoms with Gasteiger partial charge >= 0.3 is 0 Å². The molecule has 0 saturated carbocycles. The Balaban J connectivity index is 1.66. The zero-order chi connectivity index (χ0) is 14.7. The van der Waals surface area contributed by atoms with Crippen LogP contribution in [0.1, 0.15) is 17.0 Å². The monoisotopic (exact) mass is 280 g/mol. The molecule has 0 bridgehead atoms. The molecular weight excluding hydrogens is 264 g/mol. The van der Waals surface area contributed by atoms with Crippen LogP contribution in [0.4, 0.5) is 0 Å². The number of rotatable bonds is 4. The summed E-state index contributed by atoms with van der Waals surface area (Å²) in [6.45, 7) is 2.45. The standard InChI is InChI=1S/C17H16N2O2/c1-12-4-7-16-13(9-12)5-6-14(19-16)10-17(20)18-11-15-3-2-8-21-15/h2-9H,10-11H2,1H3,(H,18,20). The van der Waals surface area contributed by atoms with E-state index in [1.807, 2.05) is 30.3 Å². The van der Waals surface area contributed by atoms with Crippen molar-refractivity contribution in [3.63, 3.8) is 0 Å². The number of hydrogen-bond acceptors (Lipinski definition) is 3. The fourth-order valence-electron chi connectivity index (χ4n) is 2.21. The lowest BCUT2D eigenvalue weighted by atomic mass is 10.1. The molecule has 0 radical (unpaired) electrons. The maximum Gasteiger partial charge on any atom is 0.226 e. The minimum Gasteiger partial charge on any atom is -0.467 e. The summed E-state index contributed by atoms with van der Waals surface area (Å²) >= 11 is 0. The van der Waals surface area contributed by atoms with Gasteiger partial charge in [-0.3, -0.25) is 9.78 Å². The van der Waals surface area contributed by atoms with E-state index in [2.05, 4.69) is 23.3 Å². The van der Waals surface area contributed by atoms with Gasteiger partial charge in [-0.25, -0.2) is 0 Å². The topological polar surface area (TPSA) is 55.1 Å². The molecule has 4 heteroatoms. The van der Waals surface area contributed by atoms with Gasteiger partial charge in [0.1, 0.15) is 5.76 Å². The number of furan rings is 1. The lowest BCUT2D eigenvalue weighted by molar-refractivity contribution is -0.120. The maximum atomic E-state index is 11.9. The largest absolute Gasteiger partial charge is 0.467 e. The third-order valence-corrected chi connectivity index (χ3v) is 3.28. The van der Waals surface area contributed by atoms with Gasteiger partial charge in [0, 0.05) is 5.39 Å². The van der Waals surface area contributed by atoms with Crippen LogP contribution >= 0.6 is 0 Å². The van der Waals surface area contributed by atoms with Crippen LogP contribution in [0.5, 0.6) is 0 Å². The predicted molar refractivity (Wildman–Crippen MR) is 80.7 cm³/mol. The number of pyridine rings is 1. The Morgan fingerprint density at radius 3 is 2.95 bits per heavy atom. The van der Waals surface area contributed by atoms with Gasteiger partial charge in [-0.05, 0) is 37.3 Å². The molecule has 1 aromatic carbocycles. The van der Waals surface area contributed by atoms with E-state index >= 15 is 0 Å². The quantitative estimate of drug-likeness (QED) is 0.799. The lowest BCUT2D eigenvalue weighted by Crippen LogP contribution is -2.24. The number of carbonyl (C=O) groups is 1. The first-order valence-corrected chi connectivity index (χ1v) is 6.86. The molecule has 0 spiro atoms. The molecule has 2 aromatic heterocycles. The Morgan fingerprint density at radius 1 is 1.24 bits per heavy atom. The van der Waals surface area contributed by atoms with Crippen molar-refractivity contribution in [2.75, 3.05) is 0 Å². The third kappa shape index (κ3) is 3.28. The van der Waals surface area contributed by atoms with E-state index in [4.69, 9.17) is 4.42 Å². The first kappa shape index (κ1) is 13.4. The van der Waals surface area contributed by atoms with Gasteiger partial charge in [-0.2, -0.15) is 0 Å². The summed E-state index contributed by atoms with van der Waals surface area (Å²) in [7, 11) is 0. The number of aromatic nitrogens is 1. The molecule has 106 valence electrons. The number of aryl methyl sites for hydroxylation is 1. The maximum absolute atomic E-state index is 11.9. The van der Waals surface area contributed by atoms with Crippen molar-refractivity contribution >= 4 is 16.8 Å². The highest BCUT2D eigenvalue weighted by Gasteiger charge is 2.06. The number of fused-ring (bicyclic) bond motifs is 1. The second-order valence-electron chi connectivity index (χ2n) is 5.03. The molecular formula is C17H16N2O2. The average Bonchev–Trinajstić information content (AvgIpc) is 2.99. The van der Waals surface area contributed by atoms with E-state index in [-0.39, 0.29) is 12.3 Å². The Bertz CT molecular complexity index is 764. The van der Waals surface area contributed by atoms with Crippen LogP contribution in [0.15, 0.2) is 53.1 Å². The van der Waals surface area contributed by atoms with Crippen molar-refractivity contribution in [3.8, 4) is 0 Å². The van der Waals surface area contributed by atoms with Crippen LogP contribution in [-0.4, -0.2) is 10.9 Å². The second kappa shape index (κ2) is 5.79. The number of carbonyl (C=O) groups excluding carboxylic acids is 1. The Labute approximate surface area is 122 Å². The van der Waals surface area contributed by atoms with E-state index < -0.39 is 0 Å². The molecule has 0 fully saturated rings. The predicted octanol–water partition coefficient (Wildman–Crippen LogP) is 3.00. The summed E-state index contributed by atoms with van der Waals surface area (Å²) in [5.74, 6) is 0.677. The van der Waals surface area contributed by atoms with Crippen LogP contribution in [0.25, 0.3) is 10.9 Å². The minimum atomic E-state index is -0.0645. The minimum absolute atomic E-state index is 0.0645. The third-order valence-electron chi connectivity index (χ3n) is 3.28. The van der Waals surface area contributed by atoms with Crippen molar-refractivity contribution in [3.05, 3.63) is 65.7 Å². The van der Waals surface area contributed by atoms with Crippen molar-refractivity contribution in [2.45, 2.75) is 19.9 Å². The molecule has 0 aliphatic rings. The van der Waals surface area contributed by atoms with Crippen LogP contribution in [0, 0.1) is 6.92 Å². The Kier molecular flexibility index (Phi) is 3.69. The van der Waals surface area contributed by atoms with E-state index in [9.17, 15) is 4.79 Å². The van der Waals surface area contributed by atoms with Gasteiger partial charge in [0.25, 0.3) is 0 Å². The van der Waals surface area contributed by atoms with E-state index in [0.29, 0.717) is 6.54 Å². The Morgan fingerprint density at radius 2 is 2.14 bits per heavy atom. The Hall–Kier alpha value is -2.62. The highest BCUT2D eigenvalue weighted by atomic mass is 16.3. The van der Waals surface area contributed by atoms with Crippen LogP contribution in [-0.2, 0) is 17.8 Å². The van der Waals surface area contributed by atoms with Crippen LogP contribution in [0.3, 0.4) is 0 Å². The molecule has 2 heterocycles. The zero-order valence-electron chi connectivity index (χ0n) is 11.8. The molecule has 3 rings (SSSR count). The molecule has 21 heavy (non-hydrogen) atoms. The van der Waals surface area contributed by atoms with Crippen molar-refractivity contribution in [1.82, 2.24) is 10.3 Å². The van der Waals surface area contributed by atoms with Crippen LogP contribution < -0.4 is 5.32 Å². The number of nitrogens with one attached hydrogen (secondary N) is 1. The molecule has 1 amide bonds. The number of hydrogen-bond donors (Lipinski definition) is 1. The molecule has 0 saturated heterocycles. The molecule has 4 nitrogen and oxygen atoms in total. The summed E-state index contributed by atoms with van der Waals surface area (Å²) in [5, 5.41) is 3.91. The normalized spacial score (nSPS) is 10.7. The number of benzene rings is 1. The summed E-state index contributed by atoms with van der Waals surface area (Å²) in [4.78, 5) is 16.4. The fourth-order valence-corrected chi connectivity index (χ4v) is 2.21. The van der Waals surface area contributed by atoms with E-state index in [1.165, 1.54) is 5.56 Å². The van der Waals surface area contributed by atoms with Gasteiger partial charge in [0.15, 0.2) is 0 Å². The van der Waals surface area contributed by atoms with Gasteiger partial charge < -0.3 is 9.73 Å². The number of amides is 1. The first-order chi connectivity index (χ1) is 10.2. The smallest absolute Gasteiger partial charge is 0.226 e. The summed E-state index contributed by atoms with van der Waals surface area (Å²) in [5.41, 5.74) is 2.88. The van der Waals surface area contributed by atoms with Gasteiger partial charge in [0.05, 0.1) is 30.4 Å². The van der Waals surface area contributed by atoms with Crippen molar-refractivity contribution < 1.29 is 9.21 Å². The fraction of sp³-hybridized carbons (Fsp3) is 0.176. The highest BCUT2D eigenvalue weighted by molar-refractivity contribution is 5.82.